The van der Waals surface area contributed by atoms with E-state index < -0.39 is 20.0 Å². The highest BCUT2D eigenvalue weighted by Crippen LogP contribution is 2.42. The van der Waals surface area contributed by atoms with E-state index in [4.69, 9.17) is 13.6 Å². The Morgan fingerprint density at radius 1 is 1.18 bits per heavy atom. The number of hydrogen-bond acceptors (Lipinski definition) is 3. The molecule has 2 atom stereocenters. The maximum Gasteiger partial charge on any atom is 0.374 e. The van der Waals surface area contributed by atoms with Crippen molar-refractivity contribution in [3.8, 4) is 0 Å². The molecule has 0 aliphatic carbocycles. The van der Waals surface area contributed by atoms with Gasteiger partial charge in [-0.1, -0.05) is 0 Å². The normalized spacial score (nSPS) is 32.6. The largest absolute Gasteiger partial charge is 0.393 e. The third-order valence-electron chi connectivity index (χ3n) is 3.52. The second-order valence-corrected chi connectivity index (χ2v) is 8.09. The summed E-state index contributed by atoms with van der Waals surface area (Å²) < 4.78 is 31.9. The summed E-state index contributed by atoms with van der Waals surface area (Å²) >= 11 is 0. The van der Waals surface area contributed by atoms with Gasteiger partial charge in [-0.15, -0.1) is 0 Å². The molecular formula is C12H25FO3Si. The van der Waals surface area contributed by atoms with Crippen molar-refractivity contribution in [1.82, 2.24) is 0 Å². The van der Waals surface area contributed by atoms with E-state index >= 15 is 0 Å². The number of ether oxygens (including phenoxy) is 1. The van der Waals surface area contributed by atoms with E-state index in [0.717, 1.165) is 12.5 Å². The van der Waals surface area contributed by atoms with Crippen molar-refractivity contribution in [2.45, 2.75) is 58.0 Å². The molecule has 0 radical (unpaired) electrons. The van der Waals surface area contributed by atoms with Gasteiger partial charge in [-0.3, -0.25) is 0 Å². The summed E-state index contributed by atoms with van der Waals surface area (Å²) in [5, 5.41) is -0.869. The van der Waals surface area contributed by atoms with Crippen LogP contribution in [0.25, 0.3) is 0 Å². The minimum Gasteiger partial charge on any atom is -0.393 e. The molecule has 17 heavy (non-hydrogen) atoms. The second-order valence-electron chi connectivity index (χ2n) is 4.52. The highest BCUT2D eigenvalue weighted by molar-refractivity contribution is 6.71. The Hall–Kier alpha value is 0.0269. The average Bonchev–Trinajstić information content (AvgIpc) is 2.27. The molecule has 0 aromatic carbocycles. The highest BCUT2D eigenvalue weighted by Gasteiger charge is 2.62. The van der Waals surface area contributed by atoms with E-state index in [0.29, 0.717) is 26.2 Å². The van der Waals surface area contributed by atoms with Gasteiger partial charge in [-0.2, -0.15) is 0 Å². The molecule has 1 heterocycles. The molecule has 3 nitrogen and oxygen atoms in total. The molecule has 0 aromatic heterocycles. The van der Waals surface area contributed by atoms with E-state index in [-0.39, 0.29) is 0 Å². The van der Waals surface area contributed by atoms with Crippen molar-refractivity contribution in [3.05, 3.63) is 0 Å². The molecule has 1 fully saturated rings. The Bertz CT molecular complexity index is 228. The molecule has 0 N–H and O–H groups in total. The van der Waals surface area contributed by atoms with Crippen molar-refractivity contribution in [3.63, 3.8) is 0 Å². The quantitative estimate of drug-likeness (QED) is 0.690. The first-order chi connectivity index (χ1) is 8.06. The van der Waals surface area contributed by atoms with Gasteiger partial charge in [-0.05, 0) is 46.6 Å². The zero-order valence-electron chi connectivity index (χ0n) is 11.4. The zero-order chi connectivity index (χ0) is 12.9. The lowest BCUT2D eigenvalue weighted by Gasteiger charge is -2.48. The fraction of sp³-hybridized carbons (Fsp3) is 1.00. The monoisotopic (exact) mass is 264 g/mol. The lowest BCUT2D eigenvalue weighted by molar-refractivity contribution is -0.0723. The Kier molecular flexibility index (Phi) is 5.56. The summed E-state index contributed by atoms with van der Waals surface area (Å²) in [6.07, 6.45) is 0.391. The minimum absolute atomic E-state index is 0.492. The molecule has 102 valence electrons. The Labute approximate surface area is 105 Å². The Morgan fingerprint density at radius 3 is 2.24 bits per heavy atom. The second kappa shape index (κ2) is 6.27. The van der Waals surface area contributed by atoms with Gasteiger partial charge in [-0.25, -0.2) is 4.39 Å². The molecule has 0 aromatic rings. The van der Waals surface area contributed by atoms with Crippen LogP contribution < -0.4 is 0 Å². The van der Waals surface area contributed by atoms with Gasteiger partial charge in [0.25, 0.3) is 0 Å². The molecule has 1 saturated heterocycles. The van der Waals surface area contributed by atoms with Crippen molar-refractivity contribution in [1.29, 1.82) is 0 Å². The van der Waals surface area contributed by atoms with E-state index in [1.807, 2.05) is 27.7 Å². The minimum atomic E-state index is -2.62. The SMILES string of the molecule is CCOC1(C)C(F)CCC[Si]1(OCC)OCC. The van der Waals surface area contributed by atoms with E-state index in [2.05, 4.69) is 0 Å². The molecule has 1 aliphatic heterocycles. The molecule has 0 bridgehead atoms. The fourth-order valence-electron chi connectivity index (χ4n) is 2.72. The van der Waals surface area contributed by atoms with Crippen LogP contribution in [-0.2, 0) is 13.6 Å². The van der Waals surface area contributed by atoms with Crippen LogP contribution >= 0.6 is 0 Å². The molecule has 0 amide bonds. The smallest absolute Gasteiger partial charge is 0.374 e. The Balaban J connectivity index is 3.02. The van der Waals surface area contributed by atoms with Gasteiger partial charge < -0.3 is 13.6 Å². The highest BCUT2D eigenvalue weighted by atomic mass is 28.4. The number of rotatable bonds is 6. The van der Waals surface area contributed by atoms with Gasteiger partial charge in [0.15, 0.2) is 0 Å². The van der Waals surface area contributed by atoms with E-state index in [1.165, 1.54) is 0 Å². The van der Waals surface area contributed by atoms with Gasteiger partial charge in [0.05, 0.1) is 0 Å². The van der Waals surface area contributed by atoms with Crippen LogP contribution in [0.2, 0.25) is 6.04 Å². The van der Waals surface area contributed by atoms with Crippen LogP contribution in [0.4, 0.5) is 4.39 Å². The fourth-order valence-corrected chi connectivity index (χ4v) is 6.75. The molecule has 0 spiro atoms. The molecule has 1 aliphatic rings. The summed E-state index contributed by atoms with van der Waals surface area (Å²) in [7, 11) is -2.62. The van der Waals surface area contributed by atoms with Crippen molar-refractivity contribution in [2.75, 3.05) is 19.8 Å². The van der Waals surface area contributed by atoms with Crippen molar-refractivity contribution >= 4 is 8.56 Å². The van der Waals surface area contributed by atoms with Crippen LogP contribution in [0.5, 0.6) is 0 Å². The van der Waals surface area contributed by atoms with E-state index in [9.17, 15) is 4.39 Å². The van der Waals surface area contributed by atoms with Crippen LogP contribution in [0.1, 0.15) is 40.5 Å². The summed E-state index contributed by atoms with van der Waals surface area (Å²) in [6, 6.07) is 0.825. The number of hydrogen-bond donors (Lipinski definition) is 0. The molecule has 1 rings (SSSR count). The predicted octanol–water partition coefficient (Wildman–Crippen LogP) is 2.97. The standard InChI is InChI=1S/C12H25FO3Si/c1-5-14-12(4)11(13)9-8-10-17(12,15-6-2)16-7-3/h11H,5-10H2,1-4H3. The predicted molar refractivity (Wildman–Crippen MR) is 68.0 cm³/mol. The lowest BCUT2D eigenvalue weighted by Crippen LogP contribution is -2.69. The van der Waals surface area contributed by atoms with Crippen molar-refractivity contribution < 1.29 is 18.0 Å². The molecule has 5 heteroatoms. The molecule has 2 unspecified atom stereocenters. The summed E-state index contributed by atoms with van der Waals surface area (Å²) in [5.74, 6) is 0. The average molecular weight is 264 g/mol. The van der Waals surface area contributed by atoms with Crippen LogP contribution in [0, 0.1) is 0 Å². The molecular weight excluding hydrogens is 239 g/mol. The van der Waals surface area contributed by atoms with Crippen molar-refractivity contribution in [2.24, 2.45) is 0 Å². The maximum absolute atomic E-state index is 14.3. The third kappa shape index (κ3) is 2.72. The third-order valence-corrected chi connectivity index (χ3v) is 8.01. The van der Waals surface area contributed by atoms with Gasteiger partial charge in [0, 0.05) is 19.8 Å². The zero-order valence-corrected chi connectivity index (χ0v) is 12.4. The number of halogens is 1. The summed E-state index contributed by atoms with van der Waals surface area (Å²) in [6.45, 7) is 9.19. The first-order valence-electron chi connectivity index (χ1n) is 6.62. The first kappa shape index (κ1) is 15.1. The topological polar surface area (TPSA) is 27.7 Å². The maximum atomic E-state index is 14.3. The van der Waals surface area contributed by atoms with Gasteiger partial charge >= 0.3 is 8.56 Å². The summed E-state index contributed by atoms with van der Waals surface area (Å²) in [4.78, 5) is 0. The van der Waals surface area contributed by atoms with Gasteiger partial charge in [0.2, 0.25) is 0 Å². The number of alkyl halides is 1. The van der Waals surface area contributed by atoms with Crippen LogP contribution in [0.15, 0.2) is 0 Å². The van der Waals surface area contributed by atoms with E-state index in [1.54, 1.807) is 0 Å². The Morgan fingerprint density at radius 2 is 1.76 bits per heavy atom. The van der Waals surface area contributed by atoms with Crippen LogP contribution in [0.3, 0.4) is 0 Å². The first-order valence-corrected chi connectivity index (χ1v) is 8.64. The lowest BCUT2D eigenvalue weighted by atomic mass is 10.1. The van der Waals surface area contributed by atoms with Gasteiger partial charge in [0.1, 0.15) is 11.4 Å². The summed E-state index contributed by atoms with van der Waals surface area (Å²) in [5.41, 5.74) is 0. The van der Waals surface area contributed by atoms with Crippen LogP contribution in [-0.4, -0.2) is 39.8 Å². The molecule has 0 saturated carbocycles.